The summed E-state index contributed by atoms with van der Waals surface area (Å²) in [6, 6.07) is 2.68. The average molecular weight is 744 g/mol. The molecule has 2 saturated heterocycles. The maximum absolute atomic E-state index is 6.95. The van der Waals surface area contributed by atoms with Crippen LogP contribution in [0.4, 0.5) is 0 Å². The van der Waals surface area contributed by atoms with Crippen LogP contribution in [0.3, 0.4) is 0 Å². The first-order valence-corrected chi connectivity index (χ1v) is 26.3. The van der Waals surface area contributed by atoms with Crippen LogP contribution in [0.25, 0.3) is 0 Å². The van der Waals surface area contributed by atoms with E-state index in [0.717, 1.165) is 99.6 Å². The van der Waals surface area contributed by atoms with Gasteiger partial charge in [0.2, 0.25) is 0 Å². The highest BCUT2D eigenvalue weighted by Crippen LogP contribution is 2.63. The Morgan fingerprint density at radius 2 is 0.887 bits per heavy atom. The summed E-state index contributed by atoms with van der Waals surface area (Å²) in [6.45, 7) is 0. The Kier molecular flexibility index (Phi) is 10.8. The van der Waals surface area contributed by atoms with Gasteiger partial charge >= 0.3 is 0 Å². The molecule has 0 aromatic heterocycles. The number of fused-ring (bicyclic) bond motifs is 10. The van der Waals surface area contributed by atoms with Gasteiger partial charge in [0.1, 0.15) is 0 Å². The first-order valence-electron chi connectivity index (χ1n) is 25.3. The lowest BCUT2D eigenvalue weighted by atomic mass is 9.55. The van der Waals surface area contributed by atoms with Gasteiger partial charge in [-0.1, -0.05) is 70.6 Å². The van der Waals surface area contributed by atoms with E-state index in [4.69, 9.17) is 4.74 Å². The average Bonchev–Trinajstić information content (AvgIpc) is 3.81. The first kappa shape index (κ1) is 36.4. The highest BCUT2D eigenvalue weighted by atomic mass is 32.2. The number of ether oxygens (including phenoxy) is 1. The molecule has 9 saturated carbocycles. The van der Waals surface area contributed by atoms with Gasteiger partial charge in [0.15, 0.2) is 0 Å². The van der Waals surface area contributed by atoms with E-state index in [2.05, 4.69) is 16.7 Å². The van der Waals surface area contributed by atoms with Gasteiger partial charge in [0.05, 0.1) is 12.2 Å². The largest absolute Gasteiger partial charge is 0.374 e. The van der Waals surface area contributed by atoms with E-state index in [0.29, 0.717) is 12.2 Å². The third kappa shape index (κ3) is 6.81. The topological polar surface area (TPSA) is 12.5 Å². The quantitative estimate of drug-likeness (QED) is 0.278. The maximum Gasteiger partial charge on any atom is 0.0621 e. The van der Waals surface area contributed by atoms with Crippen molar-refractivity contribution >= 4 is 11.8 Å². The first-order chi connectivity index (χ1) is 26.3. The van der Waals surface area contributed by atoms with Crippen molar-refractivity contribution in [1.82, 2.24) is 4.90 Å². The number of thioether (sulfide) groups is 1. The number of hydrogen-bond donors (Lipinski definition) is 0. The van der Waals surface area contributed by atoms with Crippen molar-refractivity contribution in [2.45, 2.75) is 240 Å². The molecule has 0 aromatic rings. The molecule has 53 heavy (non-hydrogen) atoms. The molecule has 0 bridgehead atoms. The van der Waals surface area contributed by atoms with Gasteiger partial charge < -0.3 is 4.74 Å². The molecule has 14 atom stereocenters. The Labute approximate surface area is 331 Å². The minimum atomic E-state index is 0.615. The van der Waals surface area contributed by atoms with E-state index in [-0.39, 0.29) is 0 Å². The van der Waals surface area contributed by atoms with Crippen LogP contribution in [0, 0.1) is 71.0 Å². The number of rotatable bonds is 5. The Bertz CT molecular complexity index is 1220. The zero-order chi connectivity index (χ0) is 34.9. The van der Waals surface area contributed by atoms with Gasteiger partial charge in [-0.2, -0.15) is 11.8 Å². The molecule has 298 valence electrons. The fourth-order valence-corrected chi connectivity index (χ4v) is 20.7. The van der Waals surface area contributed by atoms with Gasteiger partial charge in [-0.3, -0.25) is 4.90 Å². The van der Waals surface area contributed by atoms with Gasteiger partial charge in [0.25, 0.3) is 0 Å². The minimum absolute atomic E-state index is 0.615. The van der Waals surface area contributed by atoms with Crippen LogP contribution in [0.1, 0.15) is 199 Å². The molecule has 0 amide bonds. The molecule has 11 rings (SSSR count). The molecule has 0 N–H and O–H groups in total. The summed E-state index contributed by atoms with van der Waals surface area (Å²) in [5.74, 6) is 12.6. The van der Waals surface area contributed by atoms with Crippen LogP contribution >= 0.6 is 11.8 Å². The molecule has 9 aliphatic carbocycles. The lowest BCUT2D eigenvalue weighted by molar-refractivity contribution is -0.0271. The Balaban J connectivity index is 0.808. The molecule has 11 aliphatic rings. The van der Waals surface area contributed by atoms with Gasteiger partial charge in [-0.05, 0) is 194 Å². The van der Waals surface area contributed by atoms with Gasteiger partial charge in [0, 0.05) is 34.5 Å². The molecule has 2 nitrogen and oxygen atoms in total. The normalized spacial score (nSPS) is 53.2. The number of hydrogen-bond acceptors (Lipinski definition) is 3. The van der Waals surface area contributed by atoms with Gasteiger partial charge in [-0.25, -0.2) is 0 Å². The van der Waals surface area contributed by atoms with Crippen LogP contribution in [-0.4, -0.2) is 45.7 Å². The predicted molar refractivity (Wildman–Crippen MR) is 222 cm³/mol. The molecular weight excluding hydrogens is 663 g/mol. The molecule has 0 radical (unpaired) electrons. The second kappa shape index (κ2) is 15.8. The molecule has 2 heterocycles. The Morgan fingerprint density at radius 1 is 0.340 bits per heavy atom. The van der Waals surface area contributed by atoms with Gasteiger partial charge in [-0.15, -0.1) is 0 Å². The standard InChI is InChI=1S/C50H81NOS/c1-2-9-32(10-3-1)33-21-25-38(26-22-33)51(39-27-23-34(24-28-39)37-20-19-36-18-17-35-11-4-5-12-40(35)44(36)31-37)45-15-8-14-41-42-29-30-47-48(50(42)53-49(41)45)43-13-6-7-16-46(43)52-47/h32-50H,1-31H2. The molecule has 2 aliphatic heterocycles. The van der Waals surface area contributed by atoms with Crippen molar-refractivity contribution in [1.29, 1.82) is 0 Å². The van der Waals surface area contributed by atoms with Crippen LogP contribution in [0.2, 0.25) is 0 Å². The molecule has 14 unspecified atom stereocenters. The highest BCUT2D eigenvalue weighted by Gasteiger charge is 2.60. The zero-order valence-electron chi connectivity index (χ0n) is 34.2. The van der Waals surface area contributed by atoms with Crippen molar-refractivity contribution in [2.75, 3.05) is 0 Å². The van der Waals surface area contributed by atoms with Crippen LogP contribution in [0.15, 0.2) is 0 Å². The Hall–Kier alpha value is 0.270. The third-order valence-electron chi connectivity index (χ3n) is 20.5. The molecular formula is C50H81NOS. The summed E-state index contributed by atoms with van der Waals surface area (Å²) in [7, 11) is 0. The van der Waals surface area contributed by atoms with E-state index < -0.39 is 0 Å². The summed E-state index contributed by atoms with van der Waals surface area (Å²) in [5, 5.41) is 1.86. The lowest BCUT2D eigenvalue weighted by Gasteiger charge is -2.53. The van der Waals surface area contributed by atoms with Crippen LogP contribution in [-0.2, 0) is 4.74 Å². The molecule has 11 fully saturated rings. The van der Waals surface area contributed by atoms with Crippen molar-refractivity contribution < 1.29 is 4.74 Å². The van der Waals surface area contributed by atoms with E-state index in [9.17, 15) is 0 Å². The summed E-state index contributed by atoms with van der Waals surface area (Å²) in [6.07, 6.45) is 49.0. The highest BCUT2D eigenvalue weighted by molar-refractivity contribution is 8.00. The fraction of sp³-hybridized carbons (Fsp3) is 1.00. The molecule has 0 spiro atoms. The second-order valence-corrected chi connectivity index (χ2v) is 23.8. The molecule has 0 aromatic carbocycles. The van der Waals surface area contributed by atoms with Crippen molar-refractivity contribution in [3.05, 3.63) is 0 Å². The smallest absolute Gasteiger partial charge is 0.0621 e. The Morgan fingerprint density at radius 3 is 1.66 bits per heavy atom. The third-order valence-corrected chi connectivity index (χ3v) is 22.5. The molecule has 3 heteroatoms. The van der Waals surface area contributed by atoms with E-state index >= 15 is 0 Å². The number of nitrogens with zero attached hydrogens (tertiary/aromatic N) is 1. The summed E-state index contributed by atoms with van der Waals surface area (Å²) in [5.41, 5.74) is 0. The summed E-state index contributed by atoms with van der Waals surface area (Å²) < 4.78 is 6.95. The summed E-state index contributed by atoms with van der Waals surface area (Å²) in [4.78, 5) is 3.44. The lowest BCUT2D eigenvalue weighted by Crippen LogP contribution is -2.57. The summed E-state index contributed by atoms with van der Waals surface area (Å²) >= 11 is 2.62. The minimum Gasteiger partial charge on any atom is -0.374 e. The second-order valence-electron chi connectivity index (χ2n) is 22.5. The van der Waals surface area contributed by atoms with E-state index in [1.54, 1.807) is 128 Å². The van der Waals surface area contributed by atoms with Crippen molar-refractivity contribution in [3.63, 3.8) is 0 Å². The predicted octanol–water partition coefficient (Wildman–Crippen LogP) is 13.3. The van der Waals surface area contributed by atoms with Crippen LogP contribution in [0.5, 0.6) is 0 Å². The van der Waals surface area contributed by atoms with Crippen molar-refractivity contribution in [3.8, 4) is 0 Å². The fourth-order valence-electron chi connectivity index (χ4n) is 18.2. The zero-order valence-corrected chi connectivity index (χ0v) is 35.0. The van der Waals surface area contributed by atoms with E-state index in [1.807, 2.05) is 0 Å². The van der Waals surface area contributed by atoms with Crippen LogP contribution < -0.4 is 0 Å². The van der Waals surface area contributed by atoms with E-state index in [1.165, 1.54) is 70.6 Å². The monoisotopic (exact) mass is 744 g/mol. The SMILES string of the molecule is C1CCC(C2CCC(N(C3CCC(C4CCC5CCC6CCCCC6C5C4)CC3)C3CCCC4C5CCC6OC7CCCCC7C6C5SC43)CC2)CC1. The maximum atomic E-state index is 6.95. The van der Waals surface area contributed by atoms with Crippen molar-refractivity contribution in [2.24, 2.45) is 71.0 Å².